The topological polar surface area (TPSA) is 6.48 Å². The van der Waals surface area contributed by atoms with E-state index in [1.54, 1.807) is 0 Å². The average Bonchev–Trinajstić information content (AvgIpc) is 2.66. The zero-order chi connectivity index (χ0) is 12.3. The van der Waals surface area contributed by atoms with Crippen LogP contribution in [0.5, 0.6) is 0 Å². The van der Waals surface area contributed by atoms with Crippen LogP contribution < -0.4 is 0 Å². The third-order valence-corrected chi connectivity index (χ3v) is 3.38. The maximum absolute atomic E-state index is 2.53. The predicted molar refractivity (Wildman–Crippen MR) is 72.9 cm³/mol. The van der Waals surface area contributed by atoms with Gasteiger partial charge in [-0.3, -0.25) is 9.80 Å². The van der Waals surface area contributed by atoms with Crippen LogP contribution in [0.3, 0.4) is 0 Å². The fraction of sp³-hybridized carbons (Fsp3) is 0.600. The van der Waals surface area contributed by atoms with E-state index in [2.05, 4.69) is 55.0 Å². The number of benzene rings is 1. The summed E-state index contributed by atoms with van der Waals surface area (Å²) in [5.74, 6) is 0.734. The predicted octanol–water partition coefficient (Wildman–Crippen LogP) is 2.59. The minimum Gasteiger partial charge on any atom is -0.292 e. The van der Waals surface area contributed by atoms with E-state index in [-0.39, 0.29) is 0 Å². The fourth-order valence-electron chi connectivity index (χ4n) is 2.52. The van der Waals surface area contributed by atoms with Gasteiger partial charge < -0.3 is 0 Å². The maximum atomic E-state index is 2.53. The van der Waals surface area contributed by atoms with E-state index in [0.717, 1.165) is 19.1 Å². The van der Waals surface area contributed by atoms with E-state index in [1.165, 1.54) is 30.6 Å². The Kier molecular flexibility index (Phi) is 4.19. The molecule has 94 valence electrons. The van der Waals surface area contributed by atoms with Crippen molar-refractivity contribution in [2.75, 3.05) is 26.8 Å². The Labute approximate surface area is 105 Å². The Hall–Kier alpha value is -0.860. The molecular formula is C15H24N2. The molecule has 0 amide bonds. The first-order valence-electron chi connectivity index (χ1n) is 6.63. The van der Waals surface area contributed by atoms with Crippen molar-refractivity contribution in [3.05, 3.63) is 35.4 Å². The van der Waals surface area contributed by atoms with E-state index < -0.39 is 0 Å². The van der Waals surface area contributed by atoms with Gasteiger partial charge in [0.1, 0.15) is 0 Å². The molecule has 2 nitrogen and oxygen atoms in total. The Bertz CT molecular complexity index is 360. The Morgan fingerprint density at radius 1 is 1.12 bits per heavy atom. The Morgan fingerprint density at radius 2 is 1.82 bits per heavy atom. The maximum Gasteiger partial charge on any atom is 0.0507 e. The van der Waals surface area contributed by atoms with Crippen LogP contribution in [0.2, 0.25) is 0 Å². The number of likely N-dealkylation sites (N-methyl/N-ethyl adjacent to an activating group) is 1. The van der Waals surface area contributed by atoms with Gasteiger partial charge in [0, 0.05) is 19.6 Å². The van der Waals surface area contributed by atoms with Crippen molar-refractivity contribution >= 4 is 0 Å². The van der Waals surface area contributed by atoms with Gasteiger partial charge in [0.25, 0.3) is 0 Å². The molecule has 0 radical (unpaired) electrons. The molecule has 1 saturated heterocycles. The largest absolute Gasteiger partial charge is 0.292 e. The lowest BCUT2D eigenvalue weighted by Crippen LogP contribution is -2.23. The first-order valence-corrected chi connectivity index (χ1v) is 6.63. The summed E-state index contributed by atoms with van der Waals surface area (Å²) in [5.41, 5.74) is 3.04. The van der Waals surface area contributed by atoms with Crippen molar-refractivity contribution in [2.45, 2.75) is 26.8 Å². The Morgan fingerprint density at radius 3 is 2.41 bits per heavy atom. The molecule has 0 bridgehead atoms. The molecule has 0 spiro atoms. The zero-order valence-electron chi connectivity index (χ0n) is 11.3. The molecular weight excluding hydrogens is 208 g/mol. The SMILES string of the molecule is CC(C)Cc1ccccc1CN1CCN(C)C1. The highest BCUT2D eigenvalue weighted by atomic mass is 15.4. The van der Waals surface area contributed by atoms with Gasteiger partial charge in [-0.2, -0.15) is 0 Å². The van der Waals surface area contributed by atoms with Crippen LogP contribution in [0, 0.1) is 5.92 Å². The van der Waals surface area contributed by atoms with Crippen molar-refractivity contribution in [1.82, 2.24) is 9.80 Å². The van der Waals surface area contributed by atoms with E-state index >= 15 is 0 Å². The molecule has 2 rings (SSSR count). The van der Waals surface area contributed by atoms with Crippen molar-refractivity contribution in [1.29, 1.82) is 0 Å². The lowest BCUT2D eigenvalue weighted by Gasteiger charge is -2.18. The summed E-state index contributed by atoms with van der Waals surface area (Å²) < 4.78 is 0. The van der Waals surface area contributed by atoms with Crippen LogP contribution in [0.25, 0.3) is 0 Å². The standard InChI is InChI=1S/C15H24N2/c1-13(2)10-14-6-4-5-7-15(14)11-17-9-8-16(3)12-17/h4-7,13H,8-12H2,1-3H3. The highest BCUT2D eigenvalue weighted by Gasteiger charge is 2.17. The molecule has 0 saturated carbocycles. The monoisotopic (exact) mass is 232 g/mol. The van der Waals surface area contributed by atoms with Crippen LogP contribution >= 0.6 is 0 Å². The second-order valence-electron chi connectivity index (χ2n) is 5.64. The minimum absolute atomic E-state index is 0.734. The molecule has 0 N–H and O–H groups in total. The lowest BCUT2D eigenvalue weighted by molar-refractivity contribution is 0.267. The Balaban J connectivity index is 2.04. The average molecular weight is 232 g/mol. The number of hydrogen-bond donors (Lipinski definition) is 0. The first-order chi connectivity index (χ1) is 8.15. The highest BCUT2D eigenvalue weighted by molar-refractivity contribution is 5.27. The summed E-state index contributed by atoms with van der Waals surface area (Å²) in [4.78, 5) is 4.91. The zero-order valence-corrected chi connectivity index (χ0v) is 11.3. The molecule has 1 aromatic rings. The van der Waals surface area contributed by atoms with Crippen LogP contribution in [-0.2, 0) is 13.0 Å². The molecule has 17 heavy (non-hydrogen) atoms. The molecule has 1 aliphatic heterocycles. The molecule has 0 atom stereocenters. The van der Waals surface area contributed by atoms with Gasteiger partial charge in [-0.25, -0.2) is 0 Å². The van der Waals surface area contributed by atoms with Gasteiger partial charge in [0.2, 0.25) is 0 Å². The summed E-state index contributed by atoms with van der Waals surface area (Å²) >= 11 is 0. The first kappa shape index (κ1) is 12.6. The summed E-state index contributed by atoms with van der Waals surface area (Å²) in [6.45, 7) is 9.20. The molecule has 0 unspecified atom stereocenters. The van der Waals surface area contributed by atoms with Crippen LogP contribution in [0.15, 0.2) is 24.3 Å². The second-order valence-corrected chi connectivity index (χ2v) is 5.64. The van der Waals surface area contributed by atoms with Crippen molar-refractivity contribution < 1.29 is 0 Å². The van der Waals surface area contributed by atoms with E-state index in [4.69, 9.17) is 0 Å². The molecule has 1 aliphatic rings. The van der Waals surface area contributed by atoms with E-state index in [1.807, 2.05) is 0 Å². The van der Waals surface area contributed by atoms with Gasteiger partial charge in [-0.1, -0.05) is 38.1 Å². The van der Waals surface area contributed by atoms with Gasteiger partial charge in [-0.15, -0.1) is 0 Å². The summed E-state index contributed by atoms with van der Waals surface area (Å²) in [7, 11) is 2.19. The van der Waals surface area contributed by atoms with Gasteiger partial charge in [0.05, 0.1) is 6.67 Å². The number of nitrogens with zero attached hydrogens (tertiary/aromatic N) is 2. The lowest BCUT2D eigenvalue weighted by atomic mass is 9.98. The van der Waals surface area contributed by atoms with Gasteiger partial charge >= 0.3 is 0 Å². The van der Waals surface area contributed by atoms with E-state index in [0.29, 0.717) is 0 Å². The molecule has 0 aliphatic carbocycles. The fourth-order valence-corrected chi connectivity index (χ4v) is 2.52. The van der Waals surface area contributed by atoms with Crippen LogP contribution in [0.4, 0.5) is 0 Å². The molecule has 1 fully saturated rings. The summed E-state index contributed by atoms with van der Waals surface area (Å²) in [6, 6.07) is 8.90. The molecule has 0 aromatic heterocycles. The normalized spacial score (nSPS) is 18.1. The molecule has 1 heterocycles. The minimum atomic E-state index is 0.734. The van der Waals surface area contributed by atoms with Gasteiger partial charge in [0.15, 0.2) is 0 Å². The van der Waals surface area contributed by atoms with Crippen LogP contribution in [0.1, 0.15) is 25.0 Å². The number of hydrogen-bond acceptors (Lipinski definition) is 2. The highest BCUT2D eigenvalue weighted by Crippen LogP contribution is 2.17. The molecule has 2 heteroatoms. The van der Waals surface area contributed by atoms with Crippen molar-refractivity contribution in [3.63, 3.8) is 0 Å². The summed E-state index contributed by atoms with van der Waals surface area (Å²) in [6.07, 6.45) is 1.19. The quantitative estimate of drug-likeness (QED) is 0.787. The van der Waals surface area contributed by atoms with Crippen molar-refractivity contribution in [2.24, 2.45) is 5.92 Å². The van der Waals surface area contributed by atoms with Crippen molar-refractivity contribution in [3.8, 4) is 0 Å². The smallest absolute Gasteiger partial charge is 0.0507 e. The van der Waals surface area contributed by atoms with Gasteiger partial charge in [-0.05, 0) is 30.5 Å². The van der Waals surface area contributed by atoms with E-state index in [9.17, 15) is 0 Å². The number of rotatable bonds is 4. The molecule has 1 aromatic carbocycles. The summed E-state index contributed by atoms with van der Waals surface area (Å²) in [5, 5.41) is 0. The van der Waals surface area contributed by atoms with Crippen LogP contribution in [-0.4, -0.2) is 36.6 Å². The second kappa shape index (κ2) is 5.65. The third-order valence-electron chi connectivity index (χ3n) is 3.38. The third kappa shape index (κ3) is 3.55.